The largest absolute Gasteiger partial charge is 0.327 e. The van der Waals surface area contributed by atoms with Gasteiger partial charge in [-0.25, -0.2) is 13.5 Å². The van der Waals surface area contributed by atoms with Gasteiger partial charge in [0.15, 0.2) is 10.6 Å². The van der Waals surface area contributed by atoms with Crippen LogP contribution in [0.2, 0.25) is 0 Å². The van der Waals surface area contributed by atoms with Crippen molar-refractivity contribution in [2.45, 2.75) is 19.3 Å². The van der Waals surface area contributed by atoms with E-state index < -0.39 is 11.6 Å². The molecule has 18 heavy (non-hydrogen) atoms. The summed E-state index contributed by atoms with van der Waals surface area (Å²) in [4.78, 5) is 2.81. The molecule has 2 aromatic rings. The average molecular weight is 269 g/mol. The van der Waals surface area contributed by atoms with Crippen LogP contribution in [0.25, 0.3) is 11.0 Å². The molecular weight excluding hydrogens is 256 g/mol. The maximum Gasteiger partial charge on any atom is 0.197 e. The molecule has 0 spiro atoms. The molecule has 1 N–H and O–H groups in total. The summed E-state index contributed by atoms with van der Waals surface area (Å²) in [5.41, 5.74) is 0.742. The third-order valence-electron chi connectivity index (χ3n) is 3.30. The normalized spacial score (nSPS) is 16.4. The van der Waals surface area contributed by atoms with Gasteiger partial charge in [0.2, 0.25) is 0 Å². The van der Waals surface area contributed by atoms with E-state index in [1.54, 1.807) is 4.68 Å². The summed E-state index contributed by atoms with van der Waals surface area (Å²) >= 11 is 5.21. The number of nitrogens with zero attached hydrogens (tertiary/aromatic N) is 2. The van der Waals surface area contributed by atoms with Crippen LogP contribution in [0.15, 0.2) is 12.1 Å². The smallest absolute Gasteiger partial charge is 0.197 e. The number of aromatic amines is 1. The molecule has 1 aromatic heterocycles. The molecule has 2 heterocycles. The van der Waals surface area contributed by atoms with Gasteiger partial charge in [-0.3, -0.25) is 0 Å². The van der Waals surface area contributed by atoms with Crippen molar-refractivity contribution in [2.75, 3.05) is 18.1 Å². The highest BCUT2D eigenvalue weighted by Gasteiger charge is 2.17. The van der Waals surface area contributed by atoms with E-state index >= 15 is 0 Å². The molecule has 0 amide bonds. The number of nitrogens with one attached hydrogen (secondary N) is 1. The van der Waals surface area contributed by atoms with Gasteiger partial charge in [0.05, 0.1) is 5.52 Å². The number of imidazole rings is 1. The van der Waals surface area contributed by atoms with Gasteiger partial charge in [-0.15, -0.1) is 0 Å². The Kier molecular flexibility index (Phi) is 2.81. The first-order valence-electron chi connectivity index (χ1n) is 6.02. The van der Waals surface area contributed by atoms with Gasteiger partial charge in [-0.2, -0.15) is 0 Å². The Morgan fingerprint density at radius 2 is 1.83 bits per heavy atom. The van der Waals surface area contributed by atoms with Gasteiger partial charge in [-0.1, -0.05) is 0 Å². The maximum absolute atomic E-state index is 13.7. The fourth-order valence-electron chi connectivity index (χ4n) is 2.48. The standard InChI is InChI=1S/C12H13F2N3S/c13-8-6-9(14)11-10(7-8)17(12(18)15-11)16-4-2-1-3-5-16/h6-7H,1-5H2,(H,15,18). The minimum atomic E-state index is -0.605. The summed E-state index contributed by atoms with van der Waals surface area (Å²) in [6.07, 6.45) is 3.34. The van der Waals surface area contributed by atoms with Gasteiger partial charge in [-0.05, 0) is 31.5 Å². The van der Waals surface area contributed by atoms with Crippen molar-refractivity contribution >= 4 is 23.3 Å². The van der Waals surface area contributed by atoms with Crippen LogP contribution in [-0.4, -0.2) is 22.7 Å². The molecule has 0 radical (unpaired) electrons. The van der Waals surface area contributed by atoms with Gasteiger partial charge in [0.25, 0.3) is 0 Å². The molecule has 3 rings (SSSR count). The Bertz CT molecular complexity index is 641. The molecule has 0 aliphatic carbocycles. The van der Waals surface area contributed by atoms with E-state index in [0.717, 1.165) is 32.0 Å². The molecular formula is C12H13F2N3S. The van der Waals surface area contributed by atoms with Crippen molar-refractivity contribution in [3.8, 4) is 0 Å². The molecule has 0 bridgehead atoms. The Morgan fingerprint density at radius 1 is 1.11 bits per heavy atom. The fourth-order valence-corrected chi connectivity index (χ4v) is 2.79. The molecule has 3 nitrogen and oxygen atoms in total. The average Bonchev–Trinajstić information content (AvgIpc) is 2.67. The summed E-state index contributed by atoms with van der Waals surface area (Å²) in [6, 6.07) is 2.19. The van der Waals surface area contributed by atoms with Crippen LogP contribution in [0.5, 0.6) is 0 Å². The lowest BCUT2D eigenvalue weighted by Gasteiger charge is -2.29. The highest BCUT2D eigenvalue weighted by atomic mass is 32.1. The first-order chi connectivity index (χ1) is 8.66. The summed E-state index contributed by atoms with van der Waals surface area (Å²) in [7, 11) is 0. The van der Waals surface area contributed by atoms with Crippen LogP contribution in [0.4, 0.5) is 8.78 Å². The Labute approximate surface area is 108 Å². The van der Waals surface area contributed by atoms with Crippen molar-refractivity contribution in [3.05, 3.63) is 28.5 Å². The number of rotatable bonds is 1. The SMILES string of the molecule is Fc1cc(F)c2[nH]c(=S)n(N3CCCCC3)c2c1. The van der Waals surface area contributed by atoms with Crippen LogP contribution >= 0.6 is 12.2 Å². The van der Waals surface area contributed by atoms with E-state index in [1.807, 2.05) is 5.01 Å². The number of H-pyrrole nitrogens is 1. The third kappa shape index (κ3) is 1.80. The summed E-state index contributed by atoms with van der Waals surface area (Å²) < 4.78 is 29.1. The monoisotopic (exact) mass is 269 g/mol. The lowest BCUT2D eigenvalue weighted by atomic mass is 10.2. The van der Waals surface area contributed by atoms with Crippen LogP contribution in [-0.2, 0) is 0 Å². The summed E-state index contributed by atoms with van der Waals surface area (Å²) in [5.74, 6) is -1.19. The van der Waals surface area contributed by atoms with E-state index in [-0.39, 0.29) is 5.52 Å². The summed E-state index contributed by atoms with van der Waals surface area (Å²) in [6.45, 7) is 1.72. The minimum Gasteiger partial charge on any atom is -0.327 e. The lowest BCUT2D eigenvalue weighted by molar-refractivity contribution is 0.482. The van der Waals surface area contributed by atoms with Crippen LogP contribution in [0, 0.1) is 16.4 Å². The predicted octanol–water partition coefficient (Wildman–Crippen LogP) is 3.10. The number of fused-ring (bicyclic) bond motifs is 1. The zero-order chi connectivity index (χ0) is 12.7. The van der Waals surface area contributed by atoms with E-state index in [2.05, 4.69) is 4.98 Å². The van der Waals surface area contributed by atoms with Gasteiger partial charge >= 0.3 is 0 Å². The van der Waals surface area contributed by atoms with E-state index in [9.17, 15) is 8.78 Å². The quantitative estimate of drug-likeness (QED) is 0.804. The minimum absolute atomic E-state index is 0.270. The van der Waals surface area contributed by atoms with Crippen LogP contribution < -0.4 is 5.01 Å². The summed E-state index contributed by atoms with van der Waals surface area (Å²) in [5, 5.41) is 2.05. The van der Waals surface area contributed by atoms with E-state index in [4.69, 9.17) is 12.2 Å². The molecule has 1 aromatic carbocycles. The van der Waals surface area contributed by atoms with Crippen molar-refractivity contribution in [1.82, 2.24) is 9.66 Å². The second-order valence-electron chi connectivity index (χ2n) is 4.54. The number of piperidine rings is 1. The van der Waals surface area contributed by atoms with Crippen molar-refractivity contribution < 1.29 is 8.78 Å². The molecule has 6 heteroatoms. The maximum atomic E-state index is 13.7. The molecule has 1 saturated heterocycles. The number of hydrogen-bond acceptors (Lipinski definition) is 2. The van der Waals surface area contributed by atoms with Gasteiger partial charge < -0.3 is 9.99 Å². The zero-order valence-electron chi connectivity index (χ0n) is 9.75. The van der Waals surface area contributed by atoms with E-state index in [0.29, 0.717) is 10.3 Å². The first kappa shape index (κ1) is 11.6. The second-order valence-corrected chi connectivity index (χ2v) is 4.92. The highest BCUT2D eigenvalue weighted by molar-refractivity contribution is 7.71. The predicted molar refractivity (Wildman–Crippen MR) is 68.8 cm³/mol. The Hall–Kier alpha value is -1.43. The van der Waals surface area contributed by atoms with Crippen molar-refractivity contribution in [2.24, 2.45) is 0 Å². The Morgan fingerprint density at radius 3 is 2.56 bits per heavy atom. The molecule has 1 aliphatic heterocycles. The van der Waals surface area contributed by atoms with Gasteiger partial charge in [0, 0.05) is 25.2 Å². The molecule has 0 unspecified atom stereocenters. The number of benzene rings is 1. The number of aromatic nitrogens is 2. The lowest BCUT2D eigenvalue weighted by Crippen LogP contribution is -2.39. The first-order valence-corrected chi connectivity index (χ1v) is 6.42. The second kappa shape index (κ2) is 4.35. The third-order valence-corrected chi connectivity index (χ3v) is 3.58. The van der Waals surface area contributed by atoms with Crippen molar-refractivity contribution in [3.63, 3.8) is 0 Å². The zero-order valence-corrected chi connectivity index (χ0v) is 10.6. The Balaban J connectivity index is 2.21. The number of hydrogen-bond donors (Lipinski definition) is 1. The molecule has 96 valence electrons. The molecule has 0 atom stereocenters. The van der Waals surface area contributed by atoms with Crippen LogP contribution in [0.1, 0.15) is 19.3 Å². The van der Waals surface area contributed by atoms with Gasteiger partial charge in [0.1, 0.15) is 11.3 Å². The van der Waals surface area contributed by atoms with Crippen LogP contribution in [0.3, 0.4) is 0 Å². The number of halogens is 2. The molecule has 1 aliphatic rings. The van der Waals surface area contributed by atoms with Crippen molar-refractivity contribution in [1.29, 1.82) is 0 Å². The fraction of sp³-hybridized carbons (Fsp3) is 0.417. The topological polar surface area (TPSA) is 24.0 Å². The molecule has 1 fully saturated rings. The van der Waals surface area contributed by atoms with E-state index in [1.165, 1.54) is 12.5 Å². The highest BCUT2D eigenvalue weighted by Crippen LogP contribution is 2.21. The molecule has 0 saturated carbocycles.